The Hall–Kier alpha value is -2.88. The lowest BCUT2D eigenvalue weighted by Crippen LogP contribution is -2.51. The Bertz CT molecular complexity index is 1220. The maximum atomic E-state index is 12.6. The molecule has 0 radical (unpaired) electrons. The van der Waals surface area contributed by atoms with Gasteiger partial charge in [0.05, 0.1) is 30.1 Å². The van der Waals surface area contributed by atoms with E-state index < -0.39 is 0 Å². The van der Waals surface area contributed by atoms with Gasteiger partial charge in [0.1, 0.15) is 11.3 Å². The first-order valence-corrected chi connectivity index (χ1v) is 14.2. The second kappa shape index (κ2) is 12.3. The number of carbonyl (C=O) groups is 1. The van der Waals surface area contributed by atoms with E-state index in [4.69, 9.17) is 21.3 Å². The van der Waals surface area contributed by atoms with Crippen molar-refractivity contribution in [1.82, 2.24) is 24.8 Å². The highest BCUT2D eigenvalue weighted by Crippen LogP contribution is 2.32. The molecule has 0 saturated carbocycles. The quantitative estimate of drug-likeness (QED) is 0.372. The Balaban J connectivity index is 1.26. The van der Waals surface area contributed by atoms with E-state index in [1.54, 1.807) is 6.20 Å². The lowest BCUT2D eigenvalue weighted by Gasteiger charge is -2.35. The minimum absolute atomic E-state index is 0.135. The van der Waals surface area contributed by atoms with Crippen molar-refractivity contribution in [2.24, 2.45) is 0 Å². The second-order valence-corrected chi connectivity index (χ2v) is 10.5. The third kappa shape index (κ3) is 6.06. The van der Waals surface area contributed by atoms with E-state index in [0.717, 1.165) is 67.3 Å². The fourth-order valence-corrected chi connectivity index (χ4v) is 5.55. The lowest BCUT2D eigenvalue weighted by molar-refractivity contribution is -0.131. The van der Waals surface area contributed by atoms with Gasteiger partial charge in [-0.05, 0) is 57.0 Å². The van der Waals surface area contributed by atoms with Crippen LogP contribution in [0.2, 0.25) is 5.02 Å². The van der Waals surface area contributed by atoms with Gasteiger partial charge in [-0.1, -0.05) is 18.5 Å². The topological polar surface area (TPSA) is 89.6 Å². The third-order valence-electron chi connectivity index (χ3n) is 7.48. The zero-order valence-electron chi connectivity index (χ0n) is 22.4. The number of piperazine rings is 1. The monoisotopic (exact) mass is 539 g/mol. The summed E-state index contributed by atoms with van der Waals surface area (Å²) in [5, 5.41) is 4.28. The summed E-state index contributed by atoms with van der Waals surface area (Å²) < 4.78 is 5.40. The first-order chi connectivity index (χ1) is 18.6. The average molecular weight is 540 g/mol. The smallest absolute Gasteiger partial charge is 0.242 e. The number of hydrogen-bond acceptors (Lipinski definition) is 7. The lowest BCUT2D eigenvalue weighted by atomic mass is 10.0. The first-order valence-electron chi connectivity index (χ1n) is 13.8. The number of amides is 1. The molecule has 10 heteroatoms. The number of imidazole rings is 1. The summed E-state index contributed by atoms with van der Waals surface area (Å²) in [4.78, 5) is 31.8. The Morgan fingerprint density at radius 1 is 1.11 bits per heavy atom. The number of rotatable bonds is 10. The van der Waals surface area contributed by atoms with Gasteiger partial charge in [0.25, 0.3) is 0 Å². The maximum absolute atomic E-state index is 12.6. The van der Waals surface area contributed by atoms with Crippen molar-refractivity contribution in [3.63, 3.8) is 0 Å². The molecule has 4 heterocycles. The summed E-state index contributed by atoms with van der Waals surface area (Å²) in [5.41, 5.74) is 4.35. The third-order valence-corrected chi connectivity index (χ3v) is 7.77. The highest BCUT2D eigenvalue weighted by atomic mass is 35.5. The molecule has 204 valence electrons. The zero-order chi connectivity index (χ0) is 26.5. The molecule has 1 amide bonds. The van der Waals surface area contributed by atoms with E-state index >= 15 is 0 Å². The molecule has 2 saturated heterocycles. The fraction of sp³-hybridized carbons (Fsp3) is 0.536. The summed E-state index contributed by atoms with van der Waals surface area (Å²) in [6.45, 7) is 11.4. The van der Waals surface area contributed by atoms with Gasteiger partial charge in [-0.2, -0.15) is 0 Å². The van der Waals surface area contributed by atoms with E-state index in [1.807, 2.05) is 24.0 Å². The summed E-state index contributed by atoms with van der Waals surface area (Å²) in [7, 11) is 0. The van der Waals surface area contributed by atoms with Crippen LogP contribution < -0.4 is 10.2 Å². The summed E-state index contributed by atoms with van der Waals surface area (Å²) >= 11 is 6.59. The summed E-state index contributed by atoms with van der Waals surface area (Å²) in [5.74, 6) is 0.885. The number of hydrogen-bond donors (Lipinski definition) is 2. The van der Waals surface area contributed by atoms with Crippen molar-refractivity contribution in [2.45, 2.75) is 39.2 Å². The van der Waals surface area contributed by atoms with Crippen LogP contribution in [-0.2, 0) is 9.53 Å². The highest BCUT2D eigenvalue weighted by molar-refractivity contribution is 6.34. The molecule has 2 fully saturated rings. The van der Waals surface area contributed by atoms with Crippen molar-refractivity contribution in [3.8, 4) is 11.4 Å². The maximum Gasteiger partial charge on any atom is 0.242 e. The fourth-order valence-electron chi connectivity index (χ4n) is 5.35. The van der Waals surface area contributed by atoms with Crippen LogP contribution in [0.5, 0.6) is 0 Å². The largest absolute Gasteiger partial charge is 0.380 e. The van der Waals surface area contributed by atoms with Gasteiger partial charge in [-0.3, -0.25) is 4.79 Å². The van der Waals surface area contributed by atoms with Gasteiger partial charge in [0.2, 0.25) is 5.91 Å². The van der Waals surface area contributed by atoms with Crippen LogP contribution >= 0.6 is 11.6 Å². The molecular weight excluding hydrogens is 502 g/mol. The minimum Gasteiger partial charge on any atom is -0.380 e. The van der Waals surface area contributed by atoms with Gasteiger partial charge in [0, 0.05) is 56.6 Å². The summed E-state index contributed by atoms with van der Waals surface area (Å²) in [6.07, 6.45) is 5.05. The Morgan fingerprint density at radius 2 is 1.89 bits per heavy atom. The molecule has 0 spiro atoms. The highest BCUT2D eigenvalue weighted by Gasteiger charge is 2.24. The molecule has 38 heavy (non-hydrogen) atoms. The molecule has 0 bridgehead atoms. The van der Waals surface area contributed by atoms with Gasteiger partial charge in [-0.25, -0.2) is 9.97 Å². The molecule has 9 nitrogen and oxygen atoms in total. The number of fused-ring (bicyclic) bond motifs is 1. The second-order valence-electron chi connectivity index (χ2n) is 10.1. The van der Waals surface area contributed by atoms with E-state index in [0.29, 0.717) is 49.6 Å². The molecular formula is C28H38ClN7O2. The number of pyridine rings is 1. The number of nitrogens with zero attached hydrogens (tertiary/aromatic N) is 5. The molecule has 5 rings (SSSR count). The Morgan fingerprint density at radius 3 is 2.61 bits per heavy atom. The molecule has 0 aliphatic carbocycles. The van der Waals surface area contributed by atoms with Crippen LogP contribution in [0, 0.1) is 0 Å². The molecule has 0 atom stereocenters. The number of halogens is 1. The number of piperidine rings is 1. The Labute approximate surface area is 229 Å². The standard InChI is InChI=1S/C28H38ClN7O2/c1-3-11-34-12-9-21(10-13-34)31-25-23(29)18-30-28-26(25)32-27(33-28)20-5-7-22(8-6-20)36-15-14-35(24(37)19-36)16-17-38-4-2/h5-8,18,21H,3-4,9-17,19H2,1-2H3,(H2,30,31,32,33). The molecule has 2 N–H and O–H groups in total. The van der Waals surface area contributed by atoms with Gasteiger partial charge in [-0.15, -0.1) is 0 Å². The van der Waals surface area contributed by atoms with Crippen LogP contribution in [0.25, 0.3) is 22.6 Å². The molecule has 1 aromatic carbocycles. The number of aromatic amines is 1. The molecule has 2 aliphatic heterocycles. The zero-order valence-corrected chi connectivity index (χ0v) is 23.1. The Kier molecular flexibility index (Phi) is 8.66. The van der Waals surface area contributed by atoms with Crippen molar-refractivity contribution < 1.29 is 9.53 Å². The number of ether oxygens (including phenoxy) is 1. The predicted molar refractivity (Wildman–Crippen MR) is 153 cm³/mol. The van der Waals surface area contributed by atoms with E-state index in [1.165, 1.54) is 6.42 Å². The number of nitrogens with one attached hydrogen (secondary N) is 2. The molecule has 2 aliphatic rings. The van der Waals surface area contributed by atoms with Crippen LogP contribution in [0.1, 0.15) is 33.1 Å². The SMILES string of the molecule is CCCN1CCC(Nc2c(Cl)cnc3nc(-c4ccc(N5CCN(CCOCC)C(=O)C5)cc4)[nH]c23)CC1. The van der Waals surface area contributed by atoms with Crippen LogP contribution in [0.3, 0.4) is 0 Å². The van der Waals surface area contributed by atoms with Gasteiger partial charge < -0.3 is 29.7 Å². The molecule has 3 aromatic rings. The molecule has 0 unspecified atom stereocenters. The van der Waals surface area contributed by atoms with Gasteiger partial charge in [0.15, 0.2) is 5.65 Å². The molecule has 2 aromatic heterocycles. The van der Waals surface area contributed by atoms with Crippen LogP contribution in [-0.4, -0.2) is 95.7 Å². The van der Waals surface area contributed by atoms with Crippen LogP contribution in [0.4, 0.5) is 11.4 Å². The number of H-pyrrole nitrogens is 1. The normalized spacial score (nSPS) is 17.5. The van der Waals surface area contributed by atoms with Crippen LogP contribution in [0.15, 0.2) is 30.5 Å². The number of anilines is 2. The predicted octanol–water partition coefficient (Wildman–Crippen LogP) is 4.25. The van der Waals surface area contributed by atoms with Crippen molar-refractivity contribution in [3.05, 3.63) is 35.5 Å². The minimum atomic E-state index is 0.135. The average Bonchev–Trinajstić information content (AvgIpc) is 3.37. The van der Waals surface area contributed by atoms with Crippen molar-refractivity contribution >= 4 is 40.0 Å². The van der Waals surface area contributed by atoms with Crippen molar-refractivity contribution in [1.29, 1.82) is 0 Å². The number of likely N-dealkylation sites (tertiary alicyclic amines) is 1. The number of aromatic nitrogens is 3. The van der Waals surface area contributed by atoms with E-state index in [-0.39, 0.29) is 5.91 Å². The van der Waals surface area contributed by atoms with Crippen molar-refractivity contribution in [2.75, 3.05) is 69.2 Å². The summed E-state index contributed by atoms with van der Waals surface area (Å²) in [6, 6.07) is 8.55. The van der Waals surface area contributed by atoms with E-state index in [9.17, 15) is 4.79 Å². The number of carbonyl (C=O) groups excluding carboxylic acids is 1. The van der Waals surface area contributed by atoms with Gasteiger partial charge >= 0.3 is 0 Å². The van der Waals surface area contributed by atoms with E-state index in [2.05, 4.69) is 44.1 Å². The number of benzene rings is 1. The first kappa shape index (κ1) is 26.7.